The largest absolute Gasteiger partial charge is 0.489 e. The summed E-state index contributed by atoms with van der Waals surface area (Å²) in [6.45, 7) is 0.584. The molecule has 2 aromatic carbocycles. The van der Waals surface area contributed by atoms with E-state index in [-0.39, 0.29) is 29.9 Å². The van der Waals surface area contributed by atoms with Gasteiger partial charge in [-0.25, -0.2) is 9.18 Å². The van der Waals surface area contributed by atoms with Crippen LogP contribution >= 0.6 is 0 Å². The number of methoxy groups -OCH3 is 1. The first-order valence-corrected chi connectivity index (χ1v) is 8.69. The van der Waals surface area contributed by atoms with Gasteiger partial charge in [0.25, 0.3) is 0 Å². The molecule has 0 bridgehead atoms. The Kier molecular flexibility index (Phi) is 4.47. The fourth-order valence-corrected chi connectivity index (χ4v) is 3.77. The molecule has 3 atom stereocenters. The number of hydrogen-bond acceptors (Lipinski definition) is 4. The van der Waals surface area contributed by atoms with Gasteiger partial charge in [0.15, 0.2) is 0 Å². The lowest BCUT2D eigenvalue weighted by atomic mass is 9.80. The second kappa shape index (κ2) is 6.92. The van der Waals surface area contributed by atoms with Gasteiger partial charge in [0.1, 0.15) is 17.7 Å². The molecule has 26 heavy (non-hydrogen) atoms. The Hall–Kier alpha value is -2.66. The van der Waals surface area contributed by atoms with Gasteiger partial charge in [-0.15, -0.1) is 0 Å². The summed E-state index contributed by atoms with van der Waals surface area (Å²) in [5.74, 6) is 0.159. The van der Waals surface area contributed by atoms with E-state index in [0.29, 0.717) is 12.1 Å². The first-order valence-electron chi connectivity index (χ1n) is 8.69. The molecule has 2 aromatic rings. The molecule has 1 N–H and O–H groups in total. The predicted octanol–water partition coefficient (Wildman–Crippen LogP) is 3.33. The van der Waals surface area contributed by atoms with Crippen LogP contribution in [-0.4, -0.2) is 25.2 Å². The molecule has 0 spiro atoms. The van der Waals surface area contributed by atoms with Crippen molar-refractivity contribution in [3.63, 3.8) is 0 Å². The van der Waals surface area contributed by atoms with Crippen molar-refractivity contribution in [3.05, 3.63) is 77.1 Å². The summed E-state index contributed by atoms with van der Waals surface area (Å²) in [6, 6.07) is 14.2. The van der Waals surface area contributed by atoms with Crippen LogP contribution in [0.4, 0.5) is 4.39 Å². The third kappa shape index (κ3) is 3.10. The van der Waals surface area contributed by atoms with E-state index in [0.717, 1.165) is 23.3 Å². The van der Waals surface area contributed by atoms with E-state index >= 15 is 0 Å². The van der Waals surface area contributed by atoms with Crippen LogP contribution in [0.3, 0.4) is 0 Å². The minimum absolute atomic E-state index is 0.0234. The Morgan fingerprint density at radius 2 is 2.00 bits per heavy atom. The zero-order valence-electron chi connectivity index (χ0n) is 14.4. The monoisotopic (exact) mass is 353 g/mol. The molecule has 134 valence electrons. The van der Waals surface area contributed by atoms with E-state index in [1.54, 1.807) is 12.1 Å². The van der Waals surface area contributed by atoms with Crippen LogP contribution in [0.2, 0.25) is 0 Å². The standard InChI is InChI=1S/C21H20FNO3/c1-25-21(24)17-10-15(23-12-13-6-8-14(22)9-7-13)11-19-20(17)16-4-2-3-5-18(16)26-19/h2-10,15,19-20,23H,11-12H2,1H3. The maximum Gasteiger partial charge on any atom is 0.334 e. The van der Waals surface area contributed by atoms with Gasteiger partial charge in [-0.3, -0.25) is 0 Å². The maximum absolute atomic E-state index is 13.0. The highest BCUT2D eigenvalue weighted by molar-refractivity contribution is 5.91. The molecule has 0 aromatic heterocycles. The number of nitrogens with one attached hydrogen (secondary N) is 1. The van der Waals surface area contributed by atoms with Crippen LogP contribution in [0, 0.1) is 5.82 Å². The summed E-state index contributed by atoms with van der Waals surface area (Å²) in [5.41, 5.74) is 2.65. The van der Waals surface area contributed by atoms with Gasteiger partial charge in [-0.05, 0) is 23.8 Å². The van der Waals surface area contributed by atoms with Gasteiger partial charge in [0, 0.05) is 30.1 Å². The van der Waals surface area contributed by atoms with Gasteiger partial charge < -0.3 is 14.8 Å². The van der Waals surface area contributed by atoms with Crippen molar-refractivity contribution in [3.8, 4) is 5.75 Å². The zero-order chi connectivity index (χ0) is 18.1. The summed E-state index contributed by atoms with van der Waals surface area (Å²) in [4.78, 5) is 12.4. The zero-order valence-corrected chi connectivity index (χ0v) is 14.4. The number of carbonyl (C=O) groups excluding carboxylic acids is 1. The van der Waals surface area contributed by atoms with Crippen LogP contribution in [0.15, 0.2) is 60.2 Å². The fourth-order valence-electron chi connectivity index (χ4n) is 3.77. The molecule has 1 aliphatic heterocycles. The molecule has 2 aliphatic rings. The summed E-state index contributed by atoms with van der Waals surface area (Å²) in [7, 11) is 1.40. The maximum atomic E-state index is 13.0. The molecule has 3 unspecified atom stereocenters. The van der Waals surface area contributed by atoms with E-state index in [4.69, 9.17) is 9.47 Å². The van der Waals surface area contributed by atoms with Gasteiger partial charge in [0.2, 0.25) is 0 Å². The number of benzene rings is 2. The Morgan fingerprint density at radius 1 is 1.23 bits per heavy atom. The third-order valence-corrected chi connectivity index (χ3v) is 5.01. The molecular formula is C21H20FNO3. The highest BCUT2D eigenvalue weighted by atomic mass is 19.1. The molecule has 1 aliphatic carbocycles. The van der Waals surface area contributed by atoms with E-state index in [1.807, 2.05) is 30.3 Å². The summed E-state index contributed by atoms with van der Waals surface area (Å²) >= 11 is 0. The number of esters is 1. The van der Waals surface area contributed by atoms with Gasteiger partial charge in [0.05, 0.1) is 13.0 Å². The van der Waals surface area contributed by atoms with E-state index in [2.05, 4.69) is 5.32 Å². The topological polar surface area (TPSA) is 47.6 Å². The number of halogens is 1. The number of carbonyl (C=O) groups is 1. The van der Waals surface area contributed by atoms with Crippen molar-refractivity contribution in [2.24, 2.45) is 0 Å². The van der Waals surface area contributed by atoms with Crippen LogP contribution in [0.5, 0.6) is 5.75 Å². The van der Waals surface area contributed by atoms with Crippen molar-refractivity contribution in [1.29, 1.82) is 0 Å². The number of hydrogen-bond donors (Lipinski definition) is 1. The number of ether oxygens (including phenoxy) is 2. The van der Waals surface area contributed by atoms with Crippen LogP contribution in [-0.2, 0) is 16.1 Å². The summed E-state index contributed by atoms with van der Waals surface area (Å²) in [6.07, 6.45) is 2.60. The normalized spacial score (nSPS) is 23.5. The van der Waals surface area contributed by atoms with Crippen molar-refractivity contribution >= 4 is 5.97 Å². The van der Waals surface area contributed by atoms with Crippen molar-refractivity contribution in [2.45, 2.75) is 31.0 Å². The molecule has 4 nitrogen and oxygen atoms in total. The molecule has 5 heteroatoms. The molecule has 4 rings (SSSR count). The predicted molar refractivity (Wildman–Crippen MR) is 95.3 cm³/mol. The van der Waals surface area contributed by atoms with Crippen LogP contribution in [0.25, 0.3) is 0 Å². The highest BCUT2D eigenvalue weighted by Crippen LogP contribution is 2.46. The first kappa shape index (κ1) is 16.8. The lowest BCUT2D eigenvalue weighted by molar-refractivity contribution is -0.136. The Balaban J connectivity index is 1.56. The van der Waals surface area contributed by atoms with Gasteiger partial charge >= 0.3 is 5.97 Å². The van der Waals surface area contributed by atoms with E-state index in [9.17, 15) is 9.18 Å². The average molecular weight is 353 g/mol. The molecule has 0 saturated heterocycles. The van der Waals surface area contributed by atoms with Crippen molar-refractivity contribution in [1.82, 2.24) is 5.32 Å². The number of para-hydroxylation sites is 1. The van der Waals surface area contributed by atoms with Crippen LogP contribution < -0.4 is 10.1 Å². The lowest BCUT2D eigenvalue weighted by Crippen LogP contribution is -2.39. The molecule has 1 heterocycles. The molecule has 0 fully saturated rings. The third-order valence-electron chi connectivity index (χ3n) is 5.01. The SMILES string of the molecule is COC(=O)C1=CC(NCc2ccc(F)cc2)CC2Oc3ccccc3C12. The lowest BCUT2D eigenvalue weighted by Gasteiger charge is -2.30. The van der Waals surface area contributed by atoms with Crippen molar-refractivity contribution < 1.29 is 18.7 Å². The number of fused-ring (bicyclic) bond motifs is 3. The number of rotatable bonds is 4. The second-order valence-electron chi connectivity index (χ2n) is 6.63. The Labute approximate surface area is 151 Å². The second-order valence-corrected chi connectivity index (χ2v) is 6.63. The minimum atomic E-state index is -0.325. The van der Waals surface area contributed by atoms with Crippen molar-refractivity contribution in [2.75, 3.05) is 7.11 Å². The van der Waals surface area contributed by atoms with Crippen LogP contribution in [0.1, 0.15) is 23.5 Å². The quantitative estimate of drug-likeness (QED) is 0.857. The summed E-state index contributed by atoms with van der Waals surface area (Å²) in [5, 5.41) is 3.42. The average Bonchev–Trinajstić information content (AvgIpc) is 3.04. The van der Waals surface area contributed by atoms with E-state index in [1.165, 1.54) is 19.2 Å². The first-order chi connectivity index (χ1) is 12.7. The molecular weight excluding hydrogens is 333 g/mol. The van der Waals surface area contributed by atoms with Gasteiger partial charge in [-0.1, -0.05) is 36.4 Å². The Morgan fingerprint density at radius 3 is 2.77 bits per heavy atom. The van der Waals surface area contributed by atoms with E-state index < -0.39 is 0 Å². The summed E-state index contributed by atoms with van der Waals surface area (Å²) < 4.78 is 24.1. The molecule has 0 radical (unpaired) electrons. The fraction of sp³-hybridized carbons (Fsp3) is 0.286. The van der Waals surface area contributed by atoms with Gasteiger partial charge in [-0.2, -0.15) is 0 Å². The minimum Gasteiger partial charge on any atom is -0.489 e. The molecule has 0 saturated carbocycles. The Bertz CT molecular complexity index is 847. The molecule has 0 amide bonds. The highest BCUT2D eigenvalue weighted by Gasteiger charge is 2.43. The smallest absolute Gasteiger partial charge is 0.334 e.